The first-order valence-corrected chi connectivity index (χ1v) is 16.6. The van der Waals surface area contributed by atoms with Crippen LogP contribution in [0.3, 0.4) is 0 Å². The van der Waals surface area contributed by atoms with Gasteiger partial charge in [-0.1, -0.05) is 128 Å². The summed E-state index contributed by atoms with van der Waals surface area (Å²) in [7, 11) is 0. The molecule has 5 heteroatoms. The van der Waals surface area contributed by atoms with Crippen LogP contribution in [0.1, 0.15) is 162 Å². The Balaban J connectivity index is 3.81. The minimum absolute atomic E-state index is 0.164. The molecule has 230 valence electrons. The number of aliphatic hydroxyl groups is 3. The van der Waals surface area contributed by atoms with E-state index >= 15 is 0 Å². The van der Waals surface area contributed by atoms with Gasteiger partial charge in [0.25, 0.3) is 0 Å². The molecule has 0 aromatic rings. The lowest BCUT2D eigenvalue weighted by molar-refractivity contribution is -0.124. The summed E-state index contributed by atoms with van der Waals surface area (Å²) in [6.45, 7) is 4.10. The number of amides is 1. The fraction of sp³-hybridized carbons (Fsp3) is 0.853. The van der Waals surface area contributed by atoms with Crippen LogP contribution in [0.4, 0.5) is 0 Å². The van der Waals surface area contributed by atoms with E-state index in [4.69, 9.17) is 0 Å². The monoisotopic (exact) mass is 551 g/mol. The van der Waals surface area contributed by atoms with Crippen molar-refractivity contribution >= 4 is 5.91 Å². The molecule has 0 saturated heterocycles. The van der Waals surface area contributed by atoms with Gasteiger partial charge < -0.3 is 20.6 Å². The molecule has 39 heavy (non-hydrogen) atoms. The Morgan fingerprint density at radius 2 is 1.05 bits per heavy atom. The number of nitrogens with one attached hydrogen (secondary N) is 1. The van der Waals surface area contributed by atoms with Gasteiger partial charge in [-0.3, -0.25) is 4.79 Å². The van der Waals surface area contributed by atoms with Crippen molar-refractivity contribution < 1.29 is 20.1 Å². The molecule has 5 nitrogen and oxygen atoms in total. The van der Waals surface area contributed by atoms with E-state index in [0.29, 0.717) is 12.8 Å². The Kier molecular flexibility index (Phi) is 28.9. The van der Waals surface area contributed by atoms with Gasteiger partial charge in [0.1, 0.15) is 6.10 Å². The summed E-state index contributed by atoms with van der Waals surface area (Å²) < 4.78 is 0. The van der Waals surface area contributed by atoms with Gasteiger partial charge in [-0.25, -0.2) is 0 Å². The van der Waals surface area contributed by atoms with Gasteiger partial charge in [0.05, 0.1) is 18.8 Å². The number of carbonyl (C=O) groups excluding carboxylic acids is 1. The lowest BCUT2D eigenvalue weighted by Crippen LogP contribution is -2.50. The van der Waals surface area contributed by atoms with Crippen molar-refractivity contribution in [2.75, 3.05) is 6.61 Å². The second-order valence-electron chi connectivity index (χ2n) is 11.4. The molecule has 0 spiro atoms. The first kappa shape index (κ1) is 37.8. The average Bonchev–Trinajstić information content (AvgIpc) is 2.94. The van der Waals surface area contributed by atoms with E-state index in [0.717, 1.165) is 44.9 Å². The molecule has 0 rings (SSSR count). The minimum atomic E-state index is -1.16. The summed E-state index contributed by atoms with van der Waals surface area (Å²) in [5, 5.41) is 33.1. The average molecular weight is 552 g/mol. The van der Waals surface area contributed by atoms with Crippen molar-refractivity contribution in [3.8, 4) is 0 Å². The van der Waals surface area contributed by atoms with Crippen molar-refractivity contribution in [2.45, 2.75) is 180 Å². The summed E-state index contributed by atoms with van der Waals surface area (Å²) in [6, 6.07) is -0.825. The fourth-order valence-corrected chi connectivity index (χ4v) is 4.88. The lowest BCUT2D eigenvalue weighted by Gasteiger charge is -2.26. The molecule has 0 fully saturated rings. The van der Waals surface area contributed by atoms with Gasteiger partial charge in [0.2, 0.25) is 5.91 Å². The summed E-state index contributed by atoms with van der Waals surface area (Å²) in [5.74, 6) is -0.164. The summed E-state index contributed by atoms with van der Waals surface area (Å²) in [4.78, 5) is 12.2. The number of allylic oxidation sites excluding steroid dienone is 4. The van der Waals surface area contributed by atoms with Crippen LogP contribution in [0.2, 0.25) is 0 Å². The van der Waals surface area contributed by atoms with Gasteiger partial charge in [-0.15, -0.1) is 0 Å². The number of carbonyl (C=O) groups is 1. The molecule has 3 atom stereocenters. The van der Waals surface area contributed by atoms with Crippen LogP contribution in [0, 0.1) is 0 Å². The van der Waals surface area contributed by atoms with Crippen LogP contribution in [0.15, 0.2) is 24.3 Å². The molecular formula is C34H65NO4. The highest BCUT2D eigenvalue weighted by molar-refractivity contribution is 5.76. The maximum absolute atomic E-state index is 12.2. The molecule has 4 N–H and O–H groups in total. The first-order valence-electron chi connectivity index (χ1n) is 16.6. The number of aliphatic hydroxyl groups excluding tert-OH is 3. The van der Waals surface area contributed by atoms with Crippen LogP contribution in [-0.2, 0) is 4.79 Å². The molecule has 0 saturated carbocycles. The molecule has 0 radical (unpaired) electrons. The second-order valence-corrected chi connectivity index (χ2v) is 11.4. The Bertz CT molecular complexity index is 578. The van der Waals surface area contributed by atoms with Gasteiger partial charge in [0, 0.05) is 6.42 Å². The van der Waals surface area contributed by atoms with Gasteiger partial charge in [-0.2, -0.15) is 0 Å². The lowest BCUT2D eigenvalue weighted by atomic mass is 10.0. The van der Waals surface area contributed by atoms with Crippen LogP contribution in [0.25, 0.3) is 0 Å². The molecule has 0 aliphatic rings. The fourth-order valence-electron chi connectivity index (χ4n) is 4.88. The quantitative estimate of drug-likeness (QED) is 0.0556. The molecular weight excluding hydrogens is 486 g/mol. The number of unbranched alkanes of at least 4 members (excludes halogenated alkanes) is 17. The van der Waals surface area contributed by atoms with Crippen molar-refractivity contribution in [2.24, 2.45) is 0 Å². The Hall–Kier alpha value is -1.17. The Labute approximate surface area is 241 Å². The smallest absolute Gasteiger partial charge is 0.220 e. The van der Waals surface area contributed by atoms with Gasteiger partial charge in [0.15, 0.2) is 0 Å². The zero-order valence-corrected chi connectivity index (χ0v) is 25.8. The SMILES string of the molecule is CCCCCCCCC/C=C/CC/C=C/CCCC(O)C(O)C(CO)NC(=O)CCCCCCCCCCC. The van der Waals surface area contributed by atoms with Crippen LogP contribution < -0.4 is 5.32 Å². The van der Waals surface area contributed by atoms with Gasteiger partial charge >= 0.3 is 0 Å². The molecule has 0 aromatic carbocycles. The molecule has 0 aromatic heterocycles. The highest BCUT2D eigenvalue weighted by atomic mass is 16.3. The van der Waals surface area contributed by atoms with E-state index in [-0.39, 0.29) is 12.5 Å². The minimum Gasteiger partial charge on any atom is -0.394 e. The highest BCUT2D eigenvalue weighted by Crippen LogP contribution is 2.13. The maximum Gasteiger partial charge on any atom is 0.220 e. The van der Waals surface area contributed by atoms with Crippen LogP contribution in [-0.4, -0.2) is 46.1 Å². The maximum atomic E-state index is 12.2. The third-order valence-corrected chi connectivity index (χ3v) is 7.54. The second kappa shape index (κ2) is 29.8. The molecule has 1 amide bonds. The van der Waals surface area contributed by atoms with Crippen molar-refractivity contribution in [1.82, 2.24) is 5.32 Å². The Morgan fingerprint density at radius 1 is 0.615 bits per heavy atom. The molecule has 0 bridgehead atoms. The topological polar surface area (TPSA) is 89.8 Å². The van der Waals surface area contributed by atoms with Crippen molar-refractivity contribution in [3.05, 3.63) is 24.3 Å². The largest absolute Gasteiger partial charge is 0.394 e. The van der Waals surface area contributed by atoms with E-state index in [1.54, 1.807) is 0 Å². The van der Waals surface area contributed by atoms with Crippen molar-refractivity contribution in [3.63, 3.8) is 0 Å². The van der Waals surface area contributed by atoms with E-state index in [2.05, 4.69) is 43.5 Å². The van der Waals surface area contributed by atoms with E-state index in [9.17, 15) is 20.1 Å². The van der Waals surface area contributed by atoms with Crippen molar-refractivity contribution in [1.29, 1.82) is 0 Å². The van der Waals surface area contributed by atoms with E-state index < -0.39 is 18.2 Å². The van der Waals surface area contributed by atoms with E-state index in [1.165, 1.54) is 89.9 Å². The molecule has 3 unspecified atom stereocenters. The van der Waals surface area contributed by atoms with Crippen LogP contribution >= 0.6 is 0 Å². The summed E-state index contributed by atoms with van der Waals surface area (Å²) >= 11 is 0. The van der Waals surface area contributed by atoms with Gasteiger partial charge in [-0.05, 0) is 51.4 Å². The third-order valence-electron chi connectivity index (χ3n) is 7.54. The predicted molar refractivity (Wildman–Crippen MR) is 167 cm³/mol. The first-order chi connectivity index (χ1) is 19.1. The Morgan fingerprint density at radius 3 is 1.56 bits per heavy atom. The number of hydrogen-bond donors (Lipinski definition) is 4. The summed E-state index contributed by atoms with van der Waals surface area (Å²) in [5.41, 5.74) is 0. The standard InChI is InChI=1S/C34H65NO4/c1-3-5-7-9-11-13-14-15-16-17-18-19-21-22-24-26-28-32(37)34(39)31(30-36)35-33(38)29-27-25-23-20-12-10-8-6-4-2/h16-17,21-22,31-32,34,36-37,39H,3-15,18-20,23-30H2,1-2H3,(H,35,38)/b17-16+,22-21+. The third kappa shape index (κ3) is 25.5. The molecule has 0 aliphatic carbocycles. The highest BCUT2D eigenvalue weighted by Gasteiger charge is 2.26. The summed E-state index contributed by atoms with van der Waals surface area (Å²) in [6.07, 6.45) is 32.7. The zero-order valence-electron chi connectivity index (χ0n) is 25.8. The molecule has 0 aliphatic heterocycles. The zero-order chi connectivity index (χ0) is 28.8. The van der Waals surface area contributed by atoms with Crippen LogP contribution in [0.5, 0.6) is 0 Å². The number of hydrogen-bond acceptors (Lipinski definition) is 4. The molecule has 0 heterocycles. The predicted octanol–water partition coefficient (Wildman–Crippen LogP) is 8.31. The normalized spacial score (nSPS) is 14.3. The number of rotatable bonds is 29. The van der Waals surface area contributed by atoms with E-state index in [1.807, 2.05) is 0 Å².